The Kier molecular flexibility index (Phi) is 4.94. The molecule has 1 atom stereocenters. The van der Waals surface area contributed by atoms with Gasteiger partial charge in [-0.05, 0) is 41.8 Å². The third-order valence-corrected chi connectivity index (χ3v) is 4.12. The molecule has 0 aliphatic carbocycles. The summed E-state index contributed by atoms with van der Waals surface area (Å²) in [5.74, 6) is -0.0426. The molecule has 2 rings (SSSR count). The van der Waals surface area contributed by atoms with Gasteiger partial charge in [-0.15, -0.1) is 11.6 Å². The van der Waals surface area contributed by atoms with Gasteiger partial charge in [0.25, 0.3) is 0 Å². The maximum absolute atomic E-state index is 13.0. The fraction of sp³-hybridized carbons (Fsp3) is 0.200. The highest BCUT2D eigenvalue weighted by Gasteiger charge is 2.13. The van der Waals surface area contributed by atoms with E-state index in [0.717, 1.165) is 15.6 Å². The van der Waals surface area contributed by atoms with Crippen LogP contribution in [0.2, 0.25) is 0 Å². The van der Waals surface area contributed by atoms with Crippen molar-refractivity contribution < 1.29 is 8.78 Å². The van der Waals surface area contributed by atoms with E-state index in [1.165, 1.54) is 24.3 Å². The Hall–Kier alpha value is -0.930. The van der Waals surface area contributed by atoms with Crippen LogP contribution in [0, 0.1) is 11.6 Å². The lowest BCUT2D eigenvalue weighted by Gasteiger charge is -2.15. The maximum Gasteiger partial charge on any atom is 0.124 e. The average Bonchev–Trinajstić information content (AvgIpc) is 2.39. The largest absolute Gasteiger partial charge is 0.207 e. The summed E-state index contributed by atoms with van der Waals surface area (Å²) in [7, 11) is 0. The van der Waals surface area contributed by atoms with Crippen LogP contribution in [0.1, 0.15) is 17.0 Å². The summed E-state index contributed by atoms with van der Waals surface area (Å²) in [5.41, 5.74) is 1.96. The zero-order valence-corrected chi connectivity index (χ0v) is 12.4. The Morgan fingerprint density at radius 2 is 1.63 bits per heavy atom. The molecule has 2 aromatic carbocycles. The molecular weight excluding hydrogens is 334 g/mol. The highest BCUT2D eigenvalue weighted by atomic mass is 79.9. The van der Waals surface area contributed by atoms with Crippen molar-refractivity contribution in [2.24, 2.45) is 0 Å². The second-order valence-electron chi connectivity index (χ2n) is 4.34. The molecule has 2 aromatic rings. The molecular formula is C15H12BrClF2. The van der Waals surface area contributed by atoms with Gasteiger partial charge in [0.1, 0.15) is 11.6 Å². The van der Waals surface area contributed by atoms with Crippen LogP contribution in [0.4, 0.5) is 8.78 Å². The highest BCUT2D eigenvalue weighted by molar-refractivity contribution is 9.10. The topological polar surface area (TPSA) is 0 Å². The lowest BCUT2D eigenvalue weighted by molar-refractivity contribution is 0.623. The Labute approximate surface area is 124 Å². The third kappa shape index (κ3) is 3.77. The lowest BCUT2D eigenvalue weighted by Crippen LogP contribution is -2.05. The van der Waals surface area contributed by atoms with E-state index in [-0.39, 0.29) is 17.6 Å². The van der Waals surface area contributed by atoms with Crippen LogP contribution < -0.4 is 0 Å². The molecule has 0 saturated heterocycles. The van der Waals surface area contributed by atoms with Gasteiger partial charge < -0.3 is 0 Å². The van der Waals surface area contributed by atoms with Crippen LogP contribution in [-0.2, 0) is 6.42 Å². The van der Waals surface area contributed by atoms with Gasteiger partial charge in [0.15, 0.2) is 0 Å². The smallest absolute Gasteiger partial charge is 0.124 e. The Bertz CT molecular complexity index is 555. The molecule has 0 saturated carbocycles. The van der Waals surface area contributed by atoms with Gasteiger partial charge >= 0.3 is 0 Å². The number of hydrogen-bond acceptors (Lipinski definition) is 0. The first-order valence-electron chi connectivity index (χ1n) is 5.85. The second kappa shape index (κ2) is 6.49. The molecule has 0 radical (unpaired) electrons. The van der Waals surface area contributed by atoms with Gasteiger partial charge in [0.05, 0.1) is 0 Å². The molecule has 0 amide bonds. The van der Waals surface area contributed by atoms with Gasteiger partial charge in [0.2, 0.25) is 0 Å². The molecule has 0 aliphatic rings. The minimum Gasteiger partial charge on any atom is -0.207 e. The Balaban J connectivity index is 2.21. The summed E-state index contributed by atoms with van der Waals surface area (Å²) in [6.07, 6.45) is 0.677. The van der Waals surface area contributed by atoms with Crippen molar-refractivity contribution in [2.75, 3.05) is 5.88 Å². The fourth-order valence-corrected chi connectivity index (χ4v) is 2.75. The molecule has 19 heavy (non-hydrogen) atoms. The van der Waals surface area contributed by atoms with Crippen molar-refractivity contribution in [3.05, 3.63) is 69.7 Å². The van der Waals surface area contributed by atoms with Crippen molar-refractivity contribution in [2.45, 2.75) is 12.3 Å². The summed E-state index contributed by atoms with van der Waals surface area (Å²) < 4.78 is 26.7. The first-order valence-corrected chi connectivity index (χ1v) is 7.18. The molecule has 1 unspecified atom stereocenters. The number of benzene rings is 2. The summed E-state index contributed by atoms with van der Waals surface area (Å²) >= 11 is 9.34. The number of alkyl halides is 1. The molecule has 0 N–H and O–H groups in total. The number of rotatable bonds is 4. The maximum atomic E-state index is 13.0. The van der Waals surface area contributed by atoms with Crippen LogP contribution in [-0.4, -0.2) is 5.88 Å². The van der Waals surface area contributed by atoms with E-state index in [2.05, 4.69) is 15.9 Å². The predicted octanol–water partition coefficient (Wildman–Crippen LogP) is 5.29. The summed E-state index contributed by atoms with van der Waals surface area (Å²) in [4.78, 5) is 0. The van der Waals surface area contributed by atoms with E-state index < -0.39 is 0 Å². The van der Waals surface area contributed by atoms with Crippen molar-refractivity contribution in [1.82, 2.24) is 0 Å². The summed E-state index contributed by atoms with van der Waals surface area (Å²) in [5, 5.41) is 0. The van der Waals surface area contributed by atoms with Crippen molar-refractivity contribution in [3.63, 3.8) is 0 Å². The van der Waals surface area contributed by atoms with Crippen molar-refractivity contribution >= 4 is 27.5 Å². The highest BCUT2D eigenvalue weighted by Crippen LogP contribution is 2.27. The zero-order valence-electron chi connectivity index (χ0n) is 10.0. The summed E-state index contributed by atoms with van der Waals surface area (Å²) in [6.45, 7) is 0. The van der Waals surface area contributed by atoms with E-state index in [1.54, 1.807) is 18.2 Å². The zero-order chi connectivity index (χ0) is 13.8. The molecule has 0 fully saturated rings. The van der Waals surface area contributed by atoms with E-state index in [0.29, 0.717) is 12.3 Å². The minimum atomic E-state index is -0.278. The normalized spacial score (nSPS) is 12.4. The molecule has 0 aromatic heterocycles. The molecule has 0 spiro atoms. The van der Waals surface area contributed by atoms with Crippen LogP contribution in [0.3, 0.4) is 0 Å². The monoisotopic (exact) mass is 344 g/mol. The quantitative estimate of drug-likeness (QED) is 0.660. The van der Waals surface area contributed by atoms with Gasteiger partial charge in [-0.3, -0.25) is 0 Å². The molecule has 0 bridgehead atoms. The molecule has 4 heteroatoms. The van der Waals surface area contributed by atoms with Gasteiger partial charge in [-0.25, -0.2) is 8.78 Å². The number of hydrogen-bond donors (Lipinski definition) is 0. The van der Waals surface area contributed by atoms with E-state index in [1.807, 2.05) is 0 Å². The first kappa shape index (κ1) is 14.5. The first-order chi connectivity index (χ1) is 9.10. The molecule has 0 heterocycles. The summed E-state index contributed by atoms with van der Waals surface area (Å²) in [6, 6.07) is 10.9. The van der Waals surface area contributed by atoms with Crippen molar-refractivity contribution in [1.29, 1.82) is 0 Å². The lowest BCUT2D eigenvalue weighted by atomic mass is 9.93. The standard InChI is InChI=1S/C15H12BrClF2/c16-15-8-14(19)6-3-11(15)7-12(9-17)10-1-4-13(18)5-2-10/h1-6,8,12H,7,9H2. The second-order valence-corrected chi connectivity index (χ2v) is 5.51. The van der Waals surface area contributed by atoms with Gasteiger partial charge in [-0.1, -0.05) is 34.1 Å². The SMILES string of the molecule is Fc1ccc(C(CCl)Cc2ccc(F)cc2Br)cc1. The van der Waals surface area contributed by atoms with E-state index >= 15 is 0 Å². The Morgan fingerprint density at radius 1 is 1.00 bits per heavy atom. The predicted molar refractivity (Wildman–Crippen MR) is 77.7 cm³/mol. The average molecular weight is 346 g/mol. The van der Waals surface area contributed by atoms with Gasteiger partial charge in [-0.2, -0.15) is 0 Å². The minimum absolute atomic E-state index is 0.0732. The molecule has 0 nitrogen and oxygen atoms in total. The third-order valence-electron chi connectivity index (χ3n) is 3.01. The van der Waals surface area contributed by atoms with Gasteiger partial charge in [0, 0.05) is 16.3 Å². The molecule has 100 valence electrons. The van der Waals surface area contributed by atoms with E-state index in [4.69, 9.17) is 11.6 Å². The van der Waals surface area contributed by atoms with Crippen LogP contribution in [0.15, 0.2) is 46.9 Å². The van der Waals surface area contributed by atoms with Crippen LogP contribution in [0.5, 0.6) is 0 Å². The van der Waals surface area contributed by atoms with Crippen LogP contribution in [0.25, 0.3) is 0 Å². The fourth-order valence-electron chi connectivity index (χ4n) is 1.95. The Morgan fingerprint density at radius 3 is 2.21 bits per heavy atom. The van der Waals surface area contributed by atoms with E-state index in [9.17, 15) is 8.78 Å². The molecule has 0 aliphatic heterocycles. The van der Waals surface area contributed by atoms with Crippen LogP contribution >= 0.6 is 27.5 Å². The van der Waals surface area contributed by atoms with Crippen molar-refractivity contribution in [3.8, 4) is 0 Å². The number of halogens is 4.